The molecule has 2 aromatic heterocycles. The lowest BCUT2D eigenvalue weighted by molar-refractivity contribution is -0.160. The lowest BCUT2D eigenvalue weighted by Crippen LogP contribution is -2.45. The fourth-order valence-electron chi connectivity index (χ4n) is 6.12. The van der Waals surface area contributed by atoms with Gasteiger partial charge in [-0.25, -0.2) is 9.78 Å². The number of aromatic nitrogens is 3. The van der Waals surface area contributed by atoms with Gasteiger partial charge in [0.05, 0.1) is 29.7 Å². The minimum Gasteiger partial charge on any atom is -0.495 e. The van der Waals surface area contributed by atoms with E-state index in [1.54, 1.807) is 10.8 Å². The molecule has 0 unspecified atom stereocenters. The maximum absolute atomic E-state index is 12.8. The highest BCUT2D eigenvalue weighted by atomic mass is 16.5. The van der Waals surface area contributed by atoms with E-state index in [-0.39, 0.29) is 5.60 Å². The molecule has 45 heavy (non-hydrogen) atoms. The molecule has 1 atom stereocenters. The molecular weight excluding hydrogens is 568 g/mol. The number of hydrogen-bond donors (Lipinski definition) is 1. The Balaban J connectivity index is 1.56. The van der Waals surface area contributed by atoms with Crippen LogP contribution in [0.15, 0.2) is 60.9 Å². The molecule has 1 fully saturated rings. The number of aryl methyl sites for hydroxylation is 2. The van der Waals surface area contributed by atoms with Crippen LogP contribution in [0.5, 0.6) is 5.75 Å². The van der Waals surface area contributed by atoms with Gasteiger partial charge < -0.3 is 24.2 Å². The van der Waals surface area contributed by atoms with Crippen molar-refractivity contribution in [3.63, 3.8) is 0 Å². The van der Waals surface area contributed by atoms with Gasteiger partial charge in [0.2, 0.25) is 0 Å². The lowest BCUT2D eigenvalue weighted by atomic mass is 9.92. The van der Waals surface area contributed by atoms with Crippen LogP contribution in [0.25, 0.3) is 28.0 Å². The molecule has 0 spiro atoms. The van der Waals surface area contributed by atoms with E-state index in [0.717, 1.165) is 46.5 Å². The molecule has 1 saturated heterocycles. The summed E-state index contributed by atoms with van der Waals surface area (Å²) >= 11 is 0. The molecule has 2 aromatic carbocycles. The van der Waals surface area contributed by atoms with Crippen molar-refractivity contribution >= 4 is 17.4 Å². The highest BCUT2D eigenvalue weighted by molar-refractivity contribution is 5.80. The number of nitrogens with zero attached hydrogens (tertiary/aromatic N) is 4. The van der Waals surface area contributed by atoms with Gasteiger partial charge in [-0.05, 0) is 71.4 Å². The summed E-state index contributed by atoms with van der Waals surface area (Å²) in [6.45, 7) is 13.5. The summed E-state index contributed by atoms with van der Waals surface area (Å²) < 4.78 is 20.5. The smallest absolute Gasteiger partial charge is 0.337 e. The van der Waals surface area contributed by atoms with Crippen LogP contribution in [0, 0.1) is 13.8 Å². The molecule has 0 aliphatic carbocycles. The Morgan fingerprint density at radius 2 is 1.82 bits per heavy atom. The molecule has 6 bridgehead atoms. The SMILES string of the molecule is Cc1ccc2c(c1)-c1cccc(c1)-c1cc3nc(C)c([C@H](OC(C)(C)C)C(=O)O)c(n3n1)N1CCC(C)(CC1)OC=CCCO2. The van der Waals surface area contributed by atoms with E-state index in [4.69, 9.17) is 24.3 Å². The Morgan fingerprint density at radius 3 is 2.56 bits per heavy atom. The Morgan fingerprint density at radius 1 is 1.07 bits per heavy atom. The van der Waals surface area contributed by atoms with Gasteiger partial charge in [-0.15, -0.1) is 0 Å². The average Bonchev–Trinajstić information content (AvgIpc) is 3.41. The average molecular weight is 611 g/mol. The molecule has 3 aliphatic heterocycles. The number of carboxylic acids is 1. The maximum atomic E-state index is 12.8. The summed E-state index contributed by atoms with van der Waals surface area (Å²) in [4.78, 5) is 19.9. The van der Waals surface area contributed by atoms with Crippen molar-refractivity contribution in [3.8, 4) is 28.1 Å². The Bertz CT molecular complexity index is 1760. The number of rotatable bonds is 3. The van der Waals surface area contributed by atoms with Gasteiger partial charge >= 0.3 is 5.97 Å². The van der Waals surface area contributed by atoms with Crippen molar-refractivity contribution in [2.75, 3.05) is 24.6 Å². The van der Waals surface area contributed by atoms with Gasteiger partial charge in [0.25, 0.3) is 0 Å². The van der Waals surface area contributed by atoms with Crippen molar-refractivity contribution < 1.29 is 24.1 Å². The van der Waals surface area contributed by atoms with Crippen LogP contribution in [0.3, 0.4) is 0 Å². The topological polar surface area (TPSA) is 98.4 Å². The van der Waals surface area contributed by atoms with Crippen LogP contribution < -0.4 is 9.64 Å². The number of piperidine rings is 1. The predicted octanol–water partition coefficient (Wildman–Crippen LogP) is 7.29. The molecule has 0 amide bonds. The zero-order chi connectivity index (χ0) is 31.9. The fourth-order valence-corrected chi connectivity index (χ4v) is 6.12. The maximum Gasteiger partial charge on any atom is 0.337 e. The minimum absolute atomic E-state index is 0.356. The number of benzene rings is 2. The summed E-state index contributed by atoms with van der Waals surface area (Å²) in [6.07, 6.45) is 4.80. The van der Waals surface area contributed by atoms with Gasteiger partial charge in [0.15, 0.2) is 11.8 Å². The molecule has 9 nitrogen and oxygen atoms in total. The lowest BCUT2D eigenvalue weighted by Gasteiger charge is -2.41. The molecule has 7 rings (SSSR count). The Labute approximate surface area is 264 Å². The third-order valence-corrected chi connectivity index (χ3v) is 8.48. The third-order valence-electron chi connectivity index (χ3n) is 8.48. The number of ether oxygens (including phenoxy) is 3. The number of carboxylic acid groups (broad SMARTS) is 1. The quantitative estimate of drug-likeness (QED) is 0.258. The number of anilines is 1. The third kappa shape index (κ3) is 6.40. The summed E-state index contributed by atoms with van der Waals surface area (Å²) in [7, 11) is 0. The van der Waals surface area contributed by atoms with Crippen LogP contribution in [0.4, 0.5) is 5.82 Å². The van der Waals surface area contributed by atoms with Crippen molar-refractivity contribution in [3.05, 3.63) is 77.7 Å². The molecule has 9 heteroatoms. The number of hydrogen-bond acceptors (Lipinski definition) is 7. The van der Waals surface area contributed by atoms with Crippen LogP contribution in [-0.2, 0) is 14.3 Å². The van der Waals surface area contributed by atoms with E-state index in [1.807, 2.05) is 58.0 Å². The standard InChI is InChI=1S/C36H42N4O5/c1-23-12-13-29-27(20-23)25-10-9-11-26(21-25)28-22-30-37-24(2)31(32(34(41)42)45-35(3,4)5)33(40(30)38-28)39-16-14-36(6,15-17-39)44-19-8-7-18-43-29/h8-13,19-22,32H,7,14-18H2,1-6H3,(H,41,42)/t32-/m0/s1. The van der Waals surface area contributed by atoms with Gasteiger partial charge in [-0.3, -0.25) is 0 Å². The van der Waals surface area contributed by atoms with E-state index in [1.165, 1.54) is 0 Å². The van der Waals surface area contributed by atoms with Crippen LogP contribution in [0.2, 0.25) is 0 Å². The highest BCUT2D eigenvalue weighted by Gasteiger charge is 2.38. The molecule has 236 valence electrons. The second kappa shape index (κ2) is 11.9. The second-order valence-corrected chi connectivity index (χ2v) is 13.3. The summed E-state index contributed by atoms with van der Waals surface area (Å²) in [5.41, 5.74) is 5.56. The first-order chi connectivity index (χ1) is 21.4. The number of aliphatic carboxylic acids is 1. The molecule has 0 saturated carbocycles. The Kier molecular flexibility index (Phi) is 8.07. The minimum atomic E-state index is -1.22. The summed E-state index contributed by atoms with van der Waals surface area (Å²) in [6, 6.07) is 16.5. The van der Waals surface area contributed by atoms with Crippen LogP contribution in [0.1, 0.15) is 69.9 Å². The van der Waals surface area contributed by atoms with E-state index in [0.29, 0.717) is 48.8 Å². The van der Waals surface area contributed by atoms with Gasteiger partial charge in [0, 0.05) is 55.2 Å². The van der Waals surface area contributed by atoms with Gasteiger partial charge in [0.1, 0.15) is 17.2 Å². The molecular formula is C36H42N4O5. The van der Waals surface area contributed by atoms with Crippen molar-refractivity contribution in [2.24, 2.45) is 0 Å². The first-order valence-corrected chi connectivity index (χ1v) is 15.6. The molecule has 1 N–H and O–H groups in total. The Hall–Kier alpha value is -4.37. The number of carbonyl (C=O) groups is 1. The second-order valence-electron chi connectivity index (χ2n) is 13.3. The normalized spacial score (nSPS) is 17.2. The first-order valence-electron chi connectivity index (χ1n) is 15.6. The predicted molar refractivity (Wildman–Crippen MR) is 175 cm³/mol. The number of fused-ring (bicyclic) bond motifs is 6. The summed E-state index contributed by atoms with van der Waals surface area (Å²) in [5.74, 6) is 0.454. The van der Waals surface area contributed by atoms with Crippen LogP contribution in [-0.4, -0.2) is 56.6 Å². The van der Waals surface area contributed by atoms with Crippen molar-refractivity contribution in [1.82, 2.24) is 14.6 Å². The van der Waals surface area contributed by atoms with Crippen LogP contribution >= 0.6 is 0 Å². The largest absolute Gasteiger partial charge is 0.495 e. The van der Waals surface area contributed by atoms with E-state index >= 15 is 0 Å². The van der Waals surface area contributed by atoms with Crippen molar-refractivity contribution in [2.45, 2.75) is 78.1 Å². The van der Waals surface area contributed by atoms with E-state index in [9.17, 15) is 9.90 Å². The molecule has 3 aliphatic rings. The van der Waals surface area contributed by atoms with E-state index < -0.39 is 17.7 Å². The van der Waals surface area contributed by atoms with E-state index in [2.05, 4.69) is 43.0 Å². The fraction of sp³-hybridized carbons (Fsp3) is 0.417. The zero-order valence-corrected chi connectivity index (χ0v) is 27.0. The molecule has 0 radical (unpaired) electrons. The van der Waals surface area contributed by atoms with Gasteiger partial charge in [-0.1, -0.05) is 29.8 Å². The van der Waals surface area contributed by atoms with Crippen molar-refractivity contribution in [1.29, 1.82) is 0 Å². The monoisotopic (exact) mass is 610 g/mol. The first kappa shape index (κ1) is 30.6. The summed E-state index contributed by atoms with van der Waals surface area (Å²) in [5, 5.41) is 15.5. The molecule has 4 aromatic rings. The highest BCUT2D eigenvalue weighted by Crippen LogP contribution is 2.39. The molecule has 5 heterocycles. The van der Waals surface area contributed by atoms with Gasteiger partial charge in [-0.2, -0.15) is 9.61 Å². The zero-order valence-electron chi connectivity index (χ0n) is 27.0.